The van der Waals surface area contributed by atoms with Crippen LogP contribution in [-0.4, -0.2) is 98.3 Å². The molecule has 49 heavy (non-hydrogen) atoms. The number of rotatable bonds is 10. The largest absolute Gasteiger partial charge is 0.490 e. The monoisotopic (exact) mass is 698 g/mol. The quantitative estimate of drug-likeness (QED) is 0.215. The minimum atomic E-state index is -5.08. The molecule has 0 bridgehead atoms. The van der Waals surface area contributed by atoms with Gasteiger partial charge in [-0.1, -0.05) is 29.8 Å². The van der Waals surface area contributed by atoms with Crippen LogP contribution in [0.3, 0.4) is 0 Å². The maximum absolute atomic E-state index is 10.6. The van der Waals surface area contributed by atoms with Crippen molar-refractivity contribution in [1.29, 1.82) is 0 Å². The number of nitrogens with zero attached hydrogens (tertiary/aromatic N) is 7. The van der Waals surface area contributed by atoms with E-state index in [0.29, 0.717) is 5.02 Å². The molecule has 0 unspecified atom stereocenters. The van der Waals surface area contributed by atoms with Gasteiger partial charge in [0, 0.05) is 73.8 Å². The summed E-state index contributed by atoms with van der Waals surface area (Å²) in [4.78, 5) is 16.7. The van der Waals surface area contributed by atoms with E-state index in [9.17, 15) is 13.2 Å². The molecule has 0 amide bonds. The highest BCUT2D eigenvalue weighted by Gasteiger charge is 2.51. The number of aryl methyl sites for hydroxylation is 2. The number of carboxylic acid groups (broad SMARTS) is 1. The number of benzene rings is 2. The predicted molar refractivity (Wildman–Crippen MR) is 178 cm³/mol. The topological polar surface area (TPSA) is 123 Å². The van der Waals surface area contributed by atoms with Crippen molar-refractivity contribution in [2.75, 3.05) is 45.9 Å². The summed E-state index contributed by atoms with van der Waals surface area (Å²) < 4.78 is 41.9. The van der Waals surface area contributed by atoms with Crippen molar-refractivity contribution in [2.24, 2.45) is 4.99 Å². The zero-order chi connectivity index (χ0) is 34.6. The number of aliphatic carboxylic acids is 1. The first kappa shape index (κ1) is 34.7. The standard InChI is InChI=1S/C32H37ClN8O.C2HF3O2/c1-23-37-38-31-32(10-11-32)36-30(24-4-7-27(33)8-5-24)28-20-25(6-9-29(28)41(23)31)26-21-35-40(22-26)14-2-3-18-42-19-17-39-15-12-34-13-16-39;3-2(4,5)1(6)7/h4-9,20-22,34H,2-3,10-19H2,1H3;(H,6,7). The van der Waals surface area contributed by atoms with Crippen molar-refractivity contribution in [2.45, 2.75) is 50.9 Å². The lowest BCUT2D eigenvalue weighted by molar-refractivity contribution is -0.192. The maximum atomic E-state index is 10.6. The van der Waals surface area contributed by atoms with Crippen LogP contribution in [0.15, 0.2) is 59.9 Å². The molecule has 2 aromatic heterocycles. The first-order valence-corrected chi connectivity index (χ1v) is 16.7. The summed E-state index contributed by atoms with van der Waals surface area (Å²) in [5.74, 6) is -0.954. The Hall–Kier alpha value is -4.11. The van der Waals surface area contributed by atoms with Gasteiger partial charge in [-0.2, -0.15) is 18.3 Å². The lowest BCUT2D eigenvalue weighted by Crippen LogP contribution is -2.44. The molecule has 1 aliphatic carbocycles. The Morgan fingerprint density at radius 1 is 1.00 bits per heavy atom. The molecule has 3 aliphatic rings. The molecular formula is C34H38ClF3N8O3. The highest BCUT2D eigenvalue weighted by atomic mass is 35.5. The summed E-state index contributed by atoms with van der Waals surface area (Å²) in [5.41, 5.74) is 6.01. The van der Waals surface area contributed by atoms with Gasteiger partial charge < -0.3 is 15.2 Å². The molecule has 260 valence electrons. The fraction of sp³-hybridized carbons (Fsp3) is 0.441. The first-order valence-electron chi connectivity index (χ1n) is 16.3. The van der Waals surface area contributed by atoms with Crippen molar-refractivity contribution in [3.8, 4) is 16.8 Å². The zero-order valence-electron chi connectivity index (χ0n) is 27.1. The summed E-state index contributed by atoms with van der Waals surface area (Å²) in [6, 6.07) is 14.5. The van der Waals surface area contributed by atoms with Gasteiger partial charge in [0.05, 0.1) is 24.2 Å². The second-order valence-corrected chi connectivity index (χ2v) is 12.8. The molecule has 1 saturated heterocycles. The average molecular weight is 699 g/mol. The van der Waals surface area contributed by atoms with Crippen molar-refractivity contribution in [3.63, 3.8) is 0 Å². The van der Waals surface area contributed by atoms with Crippen LogP contribution in [0.4, 0.5) is 13.2 Å². The van der Waals surface area contributed by atoms with Crippen LogP contribution in [0.1, 0.15) is 48.5 Å². The number of halogens is 4. The number of aromatic nitrogens is 5. The third kappa shape index (κ3) is 8.20. The van der Waals surface area contributed by atoms with E-state index in [1.807, 2.05) is 29.9 Å². The Bertz CT molecular complexity index is 1790. The average Bonchev–Trinajstić information content (AvgIpc) is 3.56. The fourth-order valence-corrected chi connectivity index (χ4v) is 6.13. The van der Waals surface area contributed by atoms with Gasteiger partial charge in [-0.3, -0.25) is 19.1 Å². The summed E-state index contributed by atoms with van der Waals surface area (Å²) in [6.07, 6.45) is 3.01. The van der Waals surface area contributed by atoms with Crippen LogP contribution in [0.2, 0.25) is 5.02 Å². The minimum absolute atomic E-state index is 0.324. The van der Waals surface area contributed by atoms with E-state index in [-0.39, 0.29) is 5.54 Å². The summed E-state index contributed by atoms with van der Waals surface area (Å²) >= 11 is 6.25. The van der Waals surface area contributed by atoms with E-state index < -0.39 is 12.1 Å². The molecule has 0 atom stereocenters. The third-order valence-electron chi connectivity index (χ3n) is 8.80. The van der Waals surface area contributed by atoms with E-state index in [2.05, 4.69) is 66.6 Å². The van der Waals surface area contributed by atoms with Crippen molar-refractivity contribution < 1.29 is 27.8 Å². The molecule has 15 heteroatoms. The second kappa shape index (κ2) is 14.8. The van der Waals surface area contributed by atoms with E-state index in [4.69, 9.17) is 31.2 Å². The summed E-state index contributed by atoms with van der Waals surface area (Å²) in [5, 5.41) is 24.9. The molecule has 0 radical (unpaired) electrons. The number of nitrogens with one attached hydrogen (secondary N) is 1. The fourth-order valence-electron chi connectivity index (χ4n) is 6.00. The van der Waals surface area contributed by atoms with Gasteiger partial charge in [-0.15, -0.1) is 10.2 Å². The van der Waals surface area contributed by atoms with Gasteiger partial charge in [0.1, 0.15) is 11.4 Å². The Kier molecular flexibility index (Phi) is 10.5. The van der Waals surface area contributed by atoms with Crippen LogP contribution in [0.5, 0.6) is 0 Å². The number of fused-ring (bicyclic) bond motifs is 4. The second-order valence-electron chi connectivity index (χ2n) is 12.3. The molecule has 11 nitrogen and oxygen atoms in total. The normalized spacial score (nSPS) is 16.6. The first-order chi connectivity index (χ1) is 23.5. The van der Waals surface area contributed by atoms with Crippen LogP contribution in [0.25, 0.3) is 16.8 Å². The van der Waals surface area contributed by atoms with E-state index in [0.717, 1.165) is 123 Å². The number of aliphatic imine (C=N–C) groups is 1. The molecule has 2 aromatic carbocycles. The van der Waals surface area contributed by atoms with Gasteiger partial charge >= 0.3 is 12.1 Å². The van der Waals surface area contributed by atoms with E-state index >= 15 is 0 Å². The molecule has 4 heterocycles. The highest BCUT2D eigenvalue weighted by Crippen LogP contribution is 2.51. The summed E-state index contributed by atoms with van der Waals surface area (Å²) in [6.45, 7) is 9.91. The number of carbonyl (C=O) groups is 1. The van der Waals surface area contributed by atoms with Crippen molar-refractivity contribution >= 4 is 23.3 Å². The number of hydrogen-bond donors (Lipinski definition) is 2. The van der Waals surface area contributed by atoms with Crippen molar-refractivity contribution in [3.05, 3.63) is 82.7 Å². The SMILES string of the molecule is Cc1nnc2n1-c1ccc(-c3cnn(CCCCOCCN4CCNCC4)c3)cc1C(c1ccc(Cl)cc1)=NC21CC1.O=C(O)C(F)(F)F. The molecular weight excluding hydrogens is 661 g/mol. The molecule has 2 aliphatic heterocycles. The molecule has 2 fully saturated rings. The van der Waals surface area contributed by atoms with Gasteiger partial charge in [-0.25, -0.2) is 4.79 Å². The lowest BCUT2D eigenvalue weighted by Gasteiger charge is -2.26. The Morgan fingerprint density at radius 2 is 1.71 bits per heavy atom. The van der Waals surface area contributed by atoms with Gasteiger partial charge in [0.2, 0.25) is 0 Å². The Balaban J connectivity index is 0.000000540. The Morgan fingerprint density at radius 3 is 2.41 bits per heavy atom. The molecule has 7 rings (SSSR count). The lowest BCUT2D eigenvalue weighted by atomic mass is 9.96. The van der Waals surface area contributed by atoms with Gasteiger partial charge in [0.25, 0.3) is 0 Å². The zero-order valence-corrected chi connectivity index (χ0v) is 27.8. The summed E-state index contributed by atoms with van der Waals surface area (Å²) in [7, 11) is 0. The number of unbranched alkanes of at least 4 members (excludes halogenated alkanes) is 1. The van der Waals surface area contributed by atoms with Crippen LogP contribution in [-0.2, 0) is 21.6 Å². The smallest absolute Gasteiger partial charge is 0.475 e. The van der Waals surface area contributed by atoms with Crippen molar-refractivity contribution in [1.82, 2.24) is 34.8 Å². The number of ether oxygens (including phenoxy) is 1. The molecule has 4 aromatic rings. The third-order valence-corrected chi connectivity index (χ3v) is 9.05. The maximum Gasteiger partial charge on any atom is 0.490 e. The molecule has 1 spiro atoms. The van der Waals surface area contributed by atoms with E-state index in [1.165, 1.54) is 0 Å². The number of carboxylic acids is 1. The number of piperazine rings is 1. The van der Waals surface area contributed by atoms with Gasteiger partial charge in [0.15, 0.2) is 5.82 Å². The Labute approximate surface area is 286 Å². The number of alkyl halides is 3. The highest BCUT2D eigenvalue weighted by molar-refractivity contribution is 6.30. The van der Waals surface area contributed by atoms with E-state index in [1.54, 1.807) is 0 Å². The molecule has 1 saturated carbocycles. The molecule has 2 N–H and O–H groups in total. The van der Waals surface area contributed by atoms with Crippen LogP contribution >= 0.6 is 11.6 Å². The van der Waals surface area contributed by atoms with Crippen LogP contribution < -0.4 is 5.32 Å². The number of hydrogen-bond acceptors (Lipinski definition) is 8. The van der Waals surface area contributed by atoms with Gasteiger partial charge in [-0.05, 0) is 62.4 Å². The van der Waals surface area contributed by atoms with Crippen LogP contribution in [0, 0.1) is 6.92 Å². The predicted octanol–water partition coefficient (Wildman–Crippen LogP) is 5.27. The minimum Gasteiger partial charge on any atom is -0.475 e.